The third-order valence-electron chi connectivity index (χ3n) is 7.63. The summed E-state index contributed by atoms with van der Waals surface area (Å²) in [6.45, 7) is 0. The fourth-order valence-corrected chi connectivity index (χ4v) is 9.35. The number of hydrogen-bond donors (Lipinski definition) is 0. The molecule has 0 spiro atoms. The van der Waals surface area contributed by atoms with E-state index in [9.17, 15) is 0 Å². The maximum Gasteiger partial charge on any atom is 0.205 e. The van der Waals surface area contributed by atoms with E-state index in [4.69, 9.17) is 0 Å². The molecule has 3 nitrogen and oxygen atoms in total. The zero-order valence-electron chi connectivity index (χ0n) is 20.8. The van der Waals surface area contributed by atoms with E-state index in [0.29, 0.717) is 10.9 Å². The highest BCUT2D eigenvalue weighted by molar-refractivity contribution is 7.85. The van der Waals surface area contributed by atoms with Crippen molar-refractivity contribution in [3.05, 3.63) is 128 Å². The Kier molecular flexibility index (Phi) is 4.97. The largest absolute Gasteiger partial charge is 0.305 e. The second kappa shape index (κ2) is 8.57. The van der Waals surface area contributed by atoms with Crippen LogP contribution in [-0.2, 0) is 4.57 Å². The highest BCUT2D eigenvalue weighted by Gasteiger charge is 2.33. The first-order valence-corrected chi connectivity index (χ1v) is 15.4. The molecule has 0 aliphatic heterocycles. The maximum atomic E-state index is 15.0. The van der Waals surface area contributed by atoms with Crippen molar-refractivity contribution in [1.82, 2.24) is 9.97 Å². The second-order valence-corrected chi connectivity index (χ2v) is 13.5. The van der Waals surface area contributed by atoms with Gasteiger partial charge in [-0.05, 0) is 80.8 Å². The van der Waals surface area contributed by atoms with Gasteiger partial charge in [-0.25, -0.2) is 0 Å². The minimum atomic E-state index is -3.30. The Balaban J connectivity index is 1.49. The predicted octanol–water partition coefficient (Wildman–Crippen LogP) is 7.94. The van der Waals surface area contributed by atoms with Crippen LogP contribution in [0.2, 0.25) is 0 Å². The van der Waals surface area contributed by atoms with Gasteiger partial charge in [-0.15, -0.1) is 11.3 Å². The number of fused-ring (bicyclic) bond motifs is 9. The summed E-state index contributed by atoms with van der Waals surface area (Å²) in [6, 6.07) is 39.3. The second-order valence-electron chi connectivity index (χ2n) is 9.75. The van der Waals surface area contributed by atoms with Gasteiger partial charge in [0.15, 0.2) is 0 Å². The van der Waals surface area contributed by atoms with E-state index in [-0.39, 0.29) is 0 Å². The van der Waals surface area contributed by atoms with Crippen LogP contribution in [0, 0.1) is 0 Å². The van der Waals surface area contributed by atoms with Crippen molar-refractivity contribution in [2.24, 2.45) is 0 Å². The van der Waals surface area contributed by atoms with Crippen molar-refractivity contribution in [2.75, 3.05) is 0 Å². The number of aromatic nitrogens is 2. The summed E-state index contributed by atoms with van der Waals surface area (Å²) >= 11 is 1.83. The molecule has 39 heavy (non-hydrogen) atoms. The lowest BCUT2D eigenvalue weighted by molar-refractivity contribution is 0.591. The summed E-state index contributed by atoms with van der Waals surface area (Å²) < 4.78 is 17.6. The predicted molar refractivity (Wildman–Crippen MR) is 167 cm³/mol. The molecule has 0 unspecified atom stereocenters. The molecule has 0 atom stereocenters. The Hall–Kier alpha value is -4.37. The van der Waals surface area contributed by atoms with E-state index < -0.39 is 7.14 Å². The van der Waals surface area contributed by atoms with Gasteiger partial charge in [-0.2, -0.15) is 0 Å². The third-order valence-corrected chi connectivity index (χ3v) is 11.6. The molecule has 3 aromatic heterocycles. The van der Waals surface area contributed by atoms with Crippen molar-refractivity contribution in [1.29, 1.82) is 0 Å². The average Bonchev–Trinajstić information content (AvgIpc) is 3.38. The molecule has 8 rings (SSSR count). The molecule has 0 aliphatic rings. The van der Waals surface area contributed by atoms with Crippen LogP contribution in [0.15, 0.2) is 128 Å². The molecule has 0 radical (unpaired) electrons. The van der Waals surface area contributed by atoms with Crippen molar-refractivity contribution < 1.29 is 4.57 Å². The monoisotopic (exact) mass is 536 g/mol. The Morgan fingerprint density at radius 1 is 0.462 bits per heavy atom. The molecule has 0 aliphatic carbocycles. The summed E-state index contributed by atoms with van der Waals surface area (Å²) in [4.78, 5) is 9.10. The standard InChI is InChI=1S/C34H21N2OPS/c37-38(33-13-5-7-17-35-33,34-14-6-8-18-36-34)22-15-16-25-27(19-22)23-9-1-2-10-24(23)28-20-30-26-11-3-4-12-31(26)39-32(30)21-29(25)28/h1-21H. The van der Waals surface area contributed by atoms with Crippen molar-refractivity contribution >= 4 is 87.1 Å². The van der Waals surface area contributed by atoms with Gasteiger partial charge in [0.2, 0.25) is 7.14 Å². The average molecular weight is 537 g/mol. The van der Waals surface area contributed by atoms with Gasteiger partial charge in [-0.3, -0.25) is 9.97 Å². The van der Waals surface area contributed by atoms with Crippen LogP contribution in [0.4, 0.5) is 0 Å². The minimum Gasteiger partial charge on any atom is -0.305 e. The topological polar surface area (TPSA) is 42.9 Å². The Morgan fingerprint density at radius 3 is 1.69 bits per heavy atom. The van der Waals surface area contributed by atoms with Gasteiger partial charge in [-0.1, -0.05) is 66.7 Å². The Bertz CT molecular complexity index is 2220. The molecule has 0 amide bonds. The van der Waals surface area contributed by atoms with E-state index in [1.165, 1.54) is 36.3 Å². The van der Waals surface area contributed by atoms with E-state index in [1.807, 2.05) is 53.8 Å². The lowest BCUT2D eigenvalue weighted by Crippen LogP contribution is -2.28. The van der Waals surface area contributed by atoms with Gasteiger partial charge >= 0.3 is 0 Å². The fraction of sp³-hybridized carbons (Fsp3) is 0. The SMILES string of the molecule is O=P(c1ccc2c(c1)c1ccccc1c1cc3c(cc21)sc1ccccc13)(c1ccccn1)c1ccccn1. The zero-order valence-corrected chi connectivity index (χ0v) is 22.5. The molecule has 0 saturated carbocycles. The van der Waals surface area contributed by atoms with Gasteiger partial charge in [0.05, 0.1) is 0 Å². The van der Waals surface area contributed by atoms with Crippen molar-refractivity contribution in [3.8, 4) is 0 Å². The van der Waals surface area contributed by atoms with Crippen LogP contribution in [0.3, 0.4) is 0 Å². The molecule has 0 bridgehead atoms. The summed E-state index contributed by atoms with van der Waals surface area (Å²) in [7, 11) is -3.30. The molecule has 0 saturated heterocycles. The molecule has 0 N–H and O–H groups in total. The zero-order chi connectivity index (χ0) is 26.0. The Labute approximate surface area is 228 Å². The summed E-state index contributed by atoms with van der Waals surface area (Å²) in [5.41, 5.74) is 1.08. The van der Waals surface area contributed by atoms with Crippen LogP contribution < -0.4 is 16.2 Å². The summed E-state index contributed by atoms with van der Waals surface area (Å²) in [5.74, 6) is 0. The molecule has 0 fully saturated rings. The molecule has 5 aromatic carbocycles. The van der Waals surface area contributed by atoms with Gasteiger partial charge < -0.3 is 4.57 Å². The quantitative estimate of drug-likeness (QED) is 0.170. The van der Waals surface area contributed by atoms with E-state index in [2.05, 4.69) is 82.8 Å². The third kappa shape index (κ3) is 3.32. The highest BCUT2D eigenvalue weighted by atomic mass is 32.1. The molecule has 3 heterocycles. The van der Waals surface area contributed by atoms with Gasteiger partial charge in [0, 0.05) is 37.9 Å². The van der Waals surface area contributed by atoms with Gasteiger partial charge in [0.1, 0.15) is 10.9 Å². The number of pyridine rings is 2. The molecular weight excluding hydrogens is 515 g/mol. The number of nitrogens with zero attached hydrogens (tertiary/aromatic N) is 2. The maximum absolute atomic E-state index is 15.0. The highest BCUT2D eigenvalue weighted by Crippen LogP contribution is 2.45. The van der Waals surface area contributed by atoms with Crippen LogP contribution in [0.25, 0.3) is 52.5 Å². The van der Waals surface area contributed by atoms with E-state index in [1.54, 1.807) is 12.4 Å². The first-order chi connectivity index (χ1) is 19.2. The van der Waals surface area contributed by atoms with E-state index in [0.717, 1.165) is 21.5 Å². The van der Waals surface area contributed by atoms with Crippen LogP contribution in [-0.4, -0.2) is 9.97 Å². The summed E-state index contributed by atoms with van der Waals surface area (Å²) in [6.07, 6.45) is 3.40. The Morgan fingerprint density at radius 2 is 1.03 bits per heavy atom. The van der Waals surface area contributed by atoms with Gasteiger partial charge in [0.25, 0.3) is 0 Å². The number of thiophene rings is 1. The molecule has 8 aromatic rings. The molecular formula is C34H21N2OPS. The fourth-order valence-electron chi connectivity index (χ4n) is 5.82. The molecule has 184 valence electrons. The van der Waals surface area contributed by atoms with Crippen LogP contribution in [0.1, 0.15) is 0 Å². The molecule has 5 heteroatoms. The van der Waals surface area contributed by atoms with Crippen molar-refractivity contribution in [2.45, 2.75) is 0 Å². The minimum absolute atomic E-state index is 0.542. The lowest BCUT2D eigenvalue weighted by Gasteiger charge is -2.19. The smallest absolute Gasteiger partial charge is 0.205 e. The van der Waals surface area contributed by atoms with E-state index >= 15 is 4.57 Å². The van der Waals surface area contributed by atoms with Crippen molar-refractivity contribution in [3.63, 3.8) is 0 Å². The normalized spacial score (nSPS) is 12.2. The van der Waals surface area contributed by atoms with Crippen LogP contribution in [0.5, 0.6) is 0 Å². The summed E-state index contributed by atoms with van der Waals surface area (Å²) in [5, 5.41) is 10.3. The lowest BCUT2D eigenvalue weighted by atomic mass is 9.93. The number of rotatable bonds is 3. The first-order valence-electron chi connectivity index (χ1n) is 12.9. The number of benzene rings is 5. The first kappa shape index (κ1) is 22.6. The van der Waals surface area contributed by atoms with Crippen LogP contribution >= 0.6 is 18.5 Å². The number of hydrogen-bond acceptors (Lipinski definition) is 4.